The van der Waals surface area contributed by atoms with Crippen molar-refractivity contribution in [1.82, 2.24) is 9.80 Å². The Hall–Kier alpha value is -2.92. The molecule has 0 bridgehead atoms. The van der Waals surface area contributed by atoms with Gasteiger partial charge in [-0.1, -0.05) is 0 Å². The van der Waals surface area contributed by atoms with Gasteiger partial charge in [-0.15, -0.1) is 0 Å². The molecule has 1 aliphatic rings. The van der Waals surface area contributed by atoms with Crippen LogP contribution in [0.25, 0.3) is 0 Å². The maximum atomic E-state index is 10.5. The highest BCUT2D eigenvalue weighted by atomic mass is 16.5. The van der Waals surface area contributed by atoms with Crippen LogP contribution >= 0.6 is 0 Å². The van der Waals surface area contributed by atoms with Crippen molar-refractivity contribution in [2.24, 2.45) is 0 Å². The van der Waals surface area contributed by atoms with Gasteiger partial charge in [0.25, 0.3) is 0 Å². The van der Waals surface area contributed by atoms with Crippen LogP contribution in [0.4, 0.5) is 0 Å². The zero-order valence-electron chi connectivity index (χ0n) is 21.5. The molecule has 10 heteroatoms. The van der Waals surface area contributed by atoms with E-state index in [-0.39, 0.29) is 13.2 Å². The smallest absolute Gasteiger partial charge is 0.126 e. The van der Waals surface area contributed by atoms with E-state index in [1.54, 1.807) is 64.8 Å². The van der Waals surface area contributed by atoms with Crippen molar-refractivity contribution in [2.75, 3.05) is 80.9 Å². The minimum atomic E-state index is -0.632. The molecule has 2 N–H and O–H groups in total. The van der Waals surface area contributed by atoms with Crippen LogP contribution in [0.5, 0.6) is 34.5 Å². The lowest BCUT2D eigenvalue weighted by Crippen LogP contribution is -2.51. The summed E-state index contributed by atoms with van der Waals surface area (Å²) >= 11 is 0. The number of hydrogen-bond acceptors (Lipinski definition) is 10. The molecule has 1 heterocycles. The Morgan fingerprint density at radius 1 is 0.556 bits per heavy atom. The number of rotatable bonds is 14. The molecule has 0 radical (unpaired) electrons. The van der Waals surface area contributed by atoms with Gasteiger partial charge in [0.15, 0.2) is 0 Å². The molecule has 10 nitrogen and oxygen atoms in total. The van der Waals surface area contributed by atoms with Gasteiger partial charge in [0, 0.05) is 75.7 Å². The van der Waals surface area contributed by atoms with E-state index < -0.39 is 12.2 Å². The van der Waals surface area contributed by atoms with E-state index in [9.17, 15) is 10.2 Å². The first-order valence-corrected chi connectivity index (χ1v) is 11.9. The molecule has 0 amide bonds. The quantitative estimate of drug-likeness (QED) is 0.392. The number of benzene rings is 2. The second-order valence-electron chi connectivity index (χ2n) is 8.63. The second-order valence-corrected chi connectivity index (χ2v) is 8.63. The zero-order valence-corrected chi connectivity index (χ0v) is 21.5. The molecular weight excluding hydrogens is 468 g/mol. The number of piperazine rings is 1. The number of nitrogens with zero attached hydrogens (tertiary/aromatic N) is 2. The fourth-order valence-electron chi connectivity index (χ4n) is 3.97. The normalized spacial score (nSPS) is 16.2. The molecule has 0 saturated carbocycles. The number of aliphatic hydroxyl groups excluding tert-OH is 2. The molecule has 0 spiro atoms. The van der Waals surface area contributed by atoms with Gasteiger partial charge in [0.05, 0.1) is 28.4 Å². The number of ether oxygens (including phenoxy) is 6. The predicted octanol–water partition coefficient (Wildman–Crippen LogP) is 1.52. The van der Waals surface area contributed by atoms with E-state index in [2.05, 4.69) is 9.80 Å². The van der Waals surface area contributed by atoms with Crippen LogP contribution < -0.4 is 28.4 Å². The first-order chi connectivity index (χ1) is 17.4. The molecule has 2 aromatic rings. The van der Waals surface area contributed by atoms with Crippen LogP contribution in [0, 0.1) is 0 Å². The van der Waals surface area contributed by atoms with Crippen molar-refractivity contribution in [1.29, 1.82) is 0 Å². The Labute approximate surface area is 212 Å². The monoisotopic (exact) mass is 506 g/mol. The van der Waals surface area contributed by atoms with E-state index >= 15 is 0 Å². The molecule has 0 unspecified atom stereocenters. The van der Waals surface area contributed by atoms with Gasteiger partial charge in [-0.25, -0.2) is 0 Å². The summed E-state index contributed by atoms with van der Waals surface area (Å²) in [6, 6.07) is 10.6. The third-order valence-corrected chi connectivity index (χ3v) is 5.94. The van der Waals surface area contributed by atoms with Crippen LogP contribution in [-0.2, 0) is 0 Å². The van der Waals surface area contributed by atoms with Crippen molar-refractivity contribution in [3.05, 3.63) is 36.4 Å². The first-order valence-electron chi connectivity index (χ1n) is 11.9. The third-order valence-electron chi connectivity index (χ3n) is 5.94. The summed E-state index contributed by atoms with van der Waals surface area (Å²) in [7, 11) is 6.32. The second kappa shape index (κ2) is 14.0. The average Bonchev–Trinajstić information content (AvgIpc) is 2.91. The summed E-state index contributed by atoms with van der Waals surface area (Å²) in [4.78, 5) is 4.39. The summed E-state index contributed by atoms with van der Waals surface area (Å²) in [5.41, 5.74) is 0. The van der Waals surface area contributed by atoms with Crippen molar-refractivity contribution in [2.45, 2.75) is 12.2 Å². The maximum Gasteiger partial charge on any atom is 0.126 e. The lowest BCUT2D eigenvalue weighted by Gasteiger charge is -2.36. The number of methoxy groups -OCH3 is 4. The molecular formula is C26H38N2O8. The summed E-state index contributed by atoms with van der Waals surface area (Å²) < 4.78 is 32.5. The van der Waals surface area contributed by atoms with Gasteiger partial charge in [-0.2, -0.15) is 0 Å². The van der Waals surface area contributed by atoms with Gasteiger partial charge >= 0.3 is 0 Å². The van der Waals surface area contributed by atoms with E-state index in [0.29, 0.717) is 47.6 Å². The Balaban J connectivity index is 1.36. The minimum absolute atomic E-state index is 0.168. The average molecular weight is 507 g/mol. The Morgan fingerprint density at radius 2 is 0.833 bits per heavy atom. The molecule has 0 aromatic heterocycles. The standard InChI is InChI=1S/C26H38N2O8/c1-31-21-9-22(32-2)12-25(11-21)35-17-19(29)15-27-5-7-28(8-6-27)16-20(30)18-36-26-13-23(33-3)10-24(14-26)34-4/h9-14,19-20,29-30H,5-8,15-18H2,1-4H3/t19-,20+. The molecule has 200 valence electrons. The minimum Gasteiger partial charge on any atom is -0.496 e. The highest BCUT2D eigenvalue weighted by Crippen LogP contribution is 2.28. The molecule has 3 rings (SSSR count). The molecule has 0 aliphatic carbocycles. The van der Waals surface area contributed by atoms with Gasteiger partial charge < -0.3 is 38.6 Å². The van der Waals surface area contributed by atoms with Gasteiger partial charge in [0.2, 0.25) is 0 Å². The molecule has 1 saturated heterocycles. The SMILES string of the molecule is COc1cc(OC)cc(OC[C@@H](O)CN2CCN(C[C@@H](O)COc3cc(OC)cc(OC)c3)CC2)c1. The van der Waals surface area contributed by atoms with Crippen LogP contribution in [0.2, 0.25) is 0 Å². The molecule has 2 aromatic carbocycles. The Bertz CT molecular complexity index is 816. The van der Waals surface area contributed by atoms with Gasteiger partial charge in [-0.05, 0) is 0 Å². The summed E-state index contributed by atoms with van der Waals surface area (Å²) in [6.07, 6.45) is -1.26. The van der Waals surface area contributed by atoms with Crippen LogP contribution in [0.15, 0.2) is 36.4 Å². The Morgan fingerprint density at radius 3 is 1.11 bits per heavy atom. The molecule has 36 heavy (non-hydrogen) atoms. The molecule has 1 aliphatic heterocycles. The van der Waals surface area contributed by atoms with Crippen LogP contribution in [0.3, 0.4) is 0 Å². The maximum absolute atomic E-state index is 10.5. The number of aliphatic hydroxyl groups is 2. The third kappa shape index (κ3) is 8.63. The van der Waals surface area contributed by atoms with Crippen molar-refractivity contribution in [3.8, 4) is 34.5 Å². The predicted molar refractivity (Wildman–Crippen MR) is 135 cm³/mol. The topological polar surface area (TPSA) is 102 Å². The fraction of sp³-hybridized carbons (Fsp3) is 0.538. The van der Waals surface area contributed by atoms with E-state index in [1.165, 1.54) is 0 Å². The summed E-state index contributed by atoms with van der Waals surface area (Å²) in [5.74, 6) is 3.69. The lowest BCUT2D eigenvalue weighted by atomic mass is 10.2. The zero-order chi connectivity index (χ0) is 25.9. The molecule has 2 atom stereocenters. The van der Waals surface area contributed by atoms with E-state index in [0.717, 1.165) is 26.2 Å². The Kier molecular flexibility index (Phi) is 10.7. The van der Waals surface area contributed by atoms with Gasteiger partial charge in [-0.3, -0.25) is 9.80 Å². The van der Waals surface area contributed by atoms with Crippen molar-refractivity contribution in [3.63, 3.8) is 0 Å². The lowest BCUT2D eigenvalue weighted by molar-refractivity contribution is 0.0240. The summed E-state index contributed by atoms with van der Waals surface area (Å²) in [6.45, 7) is 4.55. The van der Waals surface area contributed by atoms with Crippen LogP contribution in [-0.4, -0.2) is 113 Å². The molecule has 1 fully saturated rings. The van der Waals surface area contributed by atoms with Gasteiger partial charge in [0.1, 0.15) is 59.9 Å². The summed E-state index contributed by atoms with van der Waals surface area (Å²) in [5, 5.41) is 20.9. The number of hydrogen-bond donors (Lipinski definition) is 2. The van der Waals surface area contributed by atoms with E-state index in [1.807, 2.05) is 0 Å². The van der Waals surface area contributed by atoms with Crippen molar-refractivity contribution >= 4 is 0 Å². The van der Waals surface area contributed by atoms with Crippen LogP contribution in [0.1, 0.15) is 0 Å². The highest BCUT2D eigenvalue weighted by molar-refractivity contribution is 5.42. The number of β-amino-alcohol motifs (C(OH)–C–C–N with tert-alkyl or cyclic N) is 2. The van der Waals surface area contributed by atoms with Crippen molar-refractivity contribution < 1.29 is 38.6 Å². The largest absolute Gasteiger partial charge is 0.496 e. The fourth-order valence-corrected chi connectivity index (χ4v) is 3.97. The first kappa shape index (κ1) is 27.7. The highest BCUT2D eigenvalue weighted by Gasteiger charge is 2.21. The van der Waals surface area contributed by atoms with E-state index in [4.69, 9.17) is 28.4 Å².